The number of benzene rings is 2. The molecule has 2 nitrogen and oxygen atoms in total. The van der Waals surface area contributed by atoms with E-state index >= 15 is 0 Å². The third kappa shape index (κ3) is 5.27. The first-order valence-corrected chi connectivity index (χ1v) is 9.59. The molecule has 0 atom stereocenters. The summed E-state index contributed by atoms with van der Waals surface area (Å²) >= 11 is 9.49. The summed E-state index contributed by atoms with van der Waals surface area (Å²) in [6.07, 6.45) is 2.90. The fourth-order valence-electron chi connectivity index (χ4n) is 1.88. The average Bonchev–Trinajstić information content (AvgIpc) is 2.55. The summed E-state index contributed by atoms with van der Waals surface area (Å²) in [5, 5.41) is 3.43. The summed E-state index contributed by atoms with van der Waals surface area (Å²) in [7, 11) is 0. The lowest BCUT2D eigenvalue weighted by atomic mass is 10.2. The second kappa shape index (κ2) is 9.13. The summed E-state index contributed by atoms with van der Waals surface area (Å²) in [5.41, 5.74) is 0.546. The summed E-state index contributed by atoms with van der Waals surface area (Å²) in [4.78, 5) is 14.4. The van der Waals surface area contributed by atoms with Crippen molar-refractivity contribution in [1.82, 2.24) is 5.32 Å². The van der Waals surface area contributed by atoms with E-state index in [-0.39, 0.29) is 5.91 Å². The second-order valence-electron chi connectivity index (χ2n) is 4.62. The lowest BCUT2D eigenvalue weighted by Crippen LogP contribution is -2.25. The smallest absolute Gasteiger partial charge is 0.252 e. The van der Waals surface area contributed by atoms with Gasteiger partial charge in [0.1, 0.15) is 0 Å². The summed E-state index contributed by atoms with van der Waals surface area (Å²) in [6.45, 7) is 0.651. The molecule has 2 aromatic rings. The molecule has 0 spiro atoms. The number of rotatable bonds is 7. The van der Waals surface area contributed by atoms with Gasteiger partial charge in [-0.05, 0) is 48.8 Å². The normalized spacial score (nSPS) is 10.5. The maximum Gasteiger partial charge on any atom is 0.252 e. The number of carbonyl (C=O) groups is 1. The fraction of sp³-hybridized carbons (Fsp3) is 0.235. The molecule has 22 heavy (non-hydrogen) atoms. The highest BCUT2D eigenvalue weighted by atomic mass is 35.5. The molecule has 5 heteroatoms. The Bertz CT molecular complexity index is 619. The van der Waals surface area contributed by atoms with Crippen LogP contribution in [0.5, 0.6) is 0 Å². The number of hydrogen-bond donors (Lipinski definition) is 1. The number of hydrogen-bond acceptors (Lipinski definition) is 3. The minimum Gasteiger partial charge on any atom is -0.352 e. The Hall–Kier alpha value is -1.10. The first-order chi connectivity index (χ1) is 10.7. The summed E-state index contributed by atoms with van der Waals surface area (Å²) < 4.78 is 0. The molecule has 1 amide bonds. The van der Waals surface area contributed by atoms with E-state index < -0.39 is 0 Å². The minimum absolute atomic E-state index is 0.106. The number of nitrogens with one attached hydrogen (secondary N) is 1. The molecule has 0 saturated carbocycles. The van der Waals surface area contributed by atoms with E-state index in [1.807, 2.05) is 36.6 Å². The Morgan fingerprint density at radius 3 is 2.64 bits per heavy atom. The van der Waals surface area contributed by atoms with E-state index in [0.29, 0.717) is 17.1 Å². The van der Waals surface area contributed by atoms with Crippen LogP contribution in [0.1, 0.15) is 16.8 Å². The number of amides is 1. The van der Waals surface area contributed by atoms with Gasteiger partial charge in [-0.1, -0.05) is 29.8 Å². The Morgan fingerprint density at radius 1 is 1.14 bits per heavy atom. The fourth-order valence-corrected chi connectivity index (χ4v) is 3.40. The van der Waals surface area contributed by atoms with Gasteiger partial charge in [-0.15, -0.1) is 23.5 Å². The van der Waals surface area contributed by atoms with Gasteiger partial charge < -0.3 is 5.32 Å². The van der Waals surface area contributed by atoms with Crippen LogP contribution in [0.3, 0.4) is 0 Å². The molecule has 0 saturated heterocycles. The lowest BCUT2D eigenvalue weighted by molar-refractivity contribution is 0.0953. The van der Waals surface area contributed by atoms with Crippen LogP contribution in [0.2, 0.25) is 5.02 Å². The molecule has 2 rings (SSSR count). The molecule has 1 N–H and O–H groups in total. The van der Waals surface area contributed by atoms with Crippen LogP contribution in [0, 0.1) is 0 Å². The Balaban J connectivity index is 1.76. The third-order valence-electron chi connectivity index (χ3n) is 3.04. The first kappa shape index (κ1) is 17.3. The molecule has 0 heterocycles. The van der Waals surface area contributed by atoms with Crippen molar-refractivity contribution in [3.8, 4) is 0 Å². The second-order valence-corrected chi connectivity index (χ2v) is 7.07. The van der Waals surface area contributed by atoms with Crippen molar-refractivity contribution in [2.24, 2.45) is 0 Å². The van der Waals surface area contributed by atoms with Gasteiger partial charge in [-0.2, -0.15) is 0 Å². The van der Waals surface area contributed by atoms with Crippen molar-refractivity contribution < 1.29 is 4.79 Å². The Kier molecular flexibility index (Phi) is 7.16. The van der Waals surface area contributed by atoms with Crippen molar-refractivity contribution >= 4 is 41.0 Å². The molecular formula is C17H18ClNOS2. The van der Waals surface area contributed by atoms with Crippen molar-refractivity contribution in [2.45, 2.75) is 16.2 Å². The standard InChI is InChI=1S/C17H18ClNOS2/c1-21-14-8-9-16(18)15(12-14)17(20)19-10-5-11-22-13-6-3-2-4-7-13/h2-4,6-9,12H,5,10-11H2,1H3,(H,19,20). The highest BCUT2D eigenvalue weighted by Crippen LogP contribution is 2.23. The molecule has 0 aliphatic rings. The third-order valence-corrected chi connectivity index (χ3v) is 5.19. The van der Waals surface area contributed by atoms with Crippen LogP contribution in [-0.2, 0) is 0 Å². The largest absolute Gasteiger partial charge is 0.352 e. The SMILES string of the molecule is CSc1ccc(Cl)c(C(=O)NCCCSc2ccccc2)c1. The topological polar surface area (TPSA) is 29.1 Å². The minimum atomic E-state index is -0.106. The van der Waals surface area contributed by atoms with E-state index in [0.717, 1.165) is 17.1 Å². The Labute approximate surface area is 145 Å². The monoisotopic (exact) mass is 351 g/mol. The molecule has 0 bridgehead atoms. The number of halogens is 1. The van der Waals surface area contributed by atoms with Gasteiger partial charge >= 0.3 is 0 Å². The van der Waals surface area contributed by atoms with E-state index in [2.05, 4.69) is 17.4 Å². The highest BCUT2D eigenvalue weighted by Gasteiger charge is 2.10. The molecule has 0 aliphatic carbocycles. The molecular weight excluding hydrogens is 334 g/mol. The zero-order valence-electron chi connectivity index (χ0n) is 12.3. The van der Waals surface area contributed by atoms with E-state index in [9.17, 15) is 4.79 Å². The Morgan fingerprint density at radius 2 is 1.91 bits per heavy atom. The van der Waals surface area contributed by atoms with Crippen LogP contribution >= 0.6 is 35.1 Å². The molecule has 2 aromatic carbocycles. The quantitative estimate of drug-likeness (QED) is 0.563. The maximum atomic E-state index is 12.2. The highest BCUT2D eigenvalue weighted by molar-refractivity contribution is 7.99. The lowest BCUT2D eigenvalue weighted by Gasteiger charge is -2.08. The summed E-state index contributed by atoms with van der Waals surface area (Å²) in [6, 6.07) is 15.8. The van der Waals surface area contributed by atoms with Gasteiger partial charge in [0.2, 0.25) is 0 Å². The molecule has 0 radical (unpaired) electrons. The van der Waals surface area contributed by atoms with Gasteiger partial charge in [0.15, 0.2) is 0 Å². The van der Waals surface area contributed by atoms with Gasteiger partial charge in [-0.25, -0.2) is 0 Å². The van der Waals surface area contributed by atoms with Crippen LogP contribution < -0.4 is 5.32 Å². The molecule has 0 fully saturated rings. The van der Waals surface area contributed by atoms with Gasteiger partial charge in [0.05, 0.1) is 10.6 Å². The molecule has 0 aliphatic heterocycles. The number of carbonyl (C=O) groups excluding carboxylic acids is 1. The van der Waals surface area contributed by atoms with Crippen molar-refractivity contribution in [3.63, 3.8) is 0 Å². The average molecular weight is 352 g/mol. The van der Waals surface area contributed by atoms with Crippen molar-refractivity contribution in [3.05, 3.63) is 59.1 Å². The first-order valence-electron chi connectivity index (χ1n) is 7.00. The predicted molar refractivity (Wildman–Crippen MR) is 97.3 cm³/mol. The van der Waals surface area contributed by atoms with E-state index in [1.165, 1.54) is 4.90 Å². The van der Waals surface area contributed by atoms with E-state index in [1.54, 1.807) is 29.6 Å². The van der Waals surface area contributed by atoms with Crippen LogP contribution in [0.25, 0.3) is 0 Å². The zero-order valence-corrected chi connectivity index (χ0v) is 14.7. The van der Waals surface area contributed by atoms with Crippen molar-refractivity contribution in [2.75, 3.05) is 18.6 Å². The van der Waals surface area contributed by atoms with E-state index in [4.69, 9.17) is 11.6 Å². The van der Waals surface area contributed by atoms with Crippen LogP contribution in [-0.4, -0.2) is 24.5 Å². The molecule has 0 aromatic heterocycles. The van der Waals surface area contributed by atoms with Crippen molar-refractivity contribution in [1.29, 1.82) is 0 Å². The number of thioether (sulfide) groups is 2. The molecule has 116 valence electrons. The zero-order chi connectivity index (χ0) is 15.8. The van der Waals surface area contributed by atoms with Crippen LogP contribution in [0.15, 0.2) is 58.3 Å². The maximum absolute atomic E-state index is 12.2. The predicted octanol–water partition coefficient (Wildman–Crippen LogP) is 4.97. The molecule has 0 unspecified atom stereocenters. The van der Waals surface area contributed by atoms with Gasteiger partial charge in [0.25, 0.3) is 5.91 Å². The van der Waals surface area contributed by atoms with Gasteiger partial charge in [-0.3, -0.25) is 4.79 Å². The van der Waals surface area contributed by atoms with Gasteiger partial charge in [0, 0.05) is 16.3 Å². The van der Waals surface area contributed by atoms with Crippen LogP contribution in [0.4, 0.5) is 0 Å². The summed E-state index contributed by atoms with van der Waals surface area (Å²) in [5.74, 6) is 0.869.